The van der Waals surface area contributed by atoms with Crippen LogP contribution in [0.2, 0.25) is 0 Å². The minimum Gasteiger partial charge on any atom is -0.381 e. The number of hydrogen-bond donors (Lipinski definition) is 1. The minimum absolute atomic E-state index is 0.0403. The number of anilines is 1. The summed E-state index contributed by atoms with van der Waals surface area (Å²) in [6.07, 6.45) is 2.11. The molecular weight excluding hydrogens is 221 g/mol. The standard InChI is InChI=1S/C12H18FN3O/c1-5-12(2,3)16(4)11(17)8-6-7-15-10(14)9(8)13/h6-7H,5H2,1-4H3,(H2,14,15). The summed E-state index contributed by atoms with van der Waals surface area (Å²) in [4.78, 5) is 17.2. The molecule has 1 heterocycles. The maximum Gasteiger partial charge on any atom is 0.257 e. The van der Waals surface area contributed by atoms with E-state index in [0.717, 1.165) is 6.42 Å². The average molecular weight is 239 g/mol. The molecule has 1 aromatic heterocycles. The second-order valence-corrected chi connectivity index (χ2v) is 4.59. The Morgan fingerprint density at radius 1 is 1.59 bits per heavy atom. The third-order valence-corrected chi connectivity index (χ3v) is 3.22. The Morgan fingerprint density at radius 3 is 2.71 bits per heavy atom. The topological polar surface area (TPSA) is 59.2 Å². The first-order valence-electron chi connectivity index (χ1n) is 5.49. The Labute approximate surface area is 101 Å². The lowest BCUT2D eigenvalue weighted by Crippen LogP contribution is -2.44. The summed E-state index contributed by atoms with van der Waals surface area (Å²) < 4.78 is 13.7. The van der Waals surface area contributed by atoms with E-state index >= 15 is 0 Å². The summed E-state index contributed by atoms with van der Waals surface area (Å²) in [5.74, 6) is -1.39. The summed E-state index contributed by atoms with van der Waals surface area (Å²) in [6.45, 7) is 5.82. The van der Waals surface area contributed by atoms with Crippen LogP contribution in [0.25, 0.3) is 0 Å². The largest absolute Gasteiger partial charge is 0.381 e. The molecule has 94 valence electrons. The monoisotopic (exact) mass is 239 g/mol. The number of nitrogens with two attached hydrogens (primary N) is 1. The molecule has 0 aromatic carbocycles. The number of nitrogen functional groups attached to an aromatic ring is 1. The third-order valence-electron chi connectivity index (χ3n) is 3.22. The maximum atomic E-state index is 13.7. The zero-order valence-electron chi connectivity index (χ0n) is 10.6. The van der Waals surface area contributed by atoms with E-state index in [-0.39, 0.29) is 22.8 Å². The molecule has 0 fully saturated rings. The van der Waals surface area contributed by atoms with Crippen molar-refractivity contribution in [1.29, 1.82) is 0 Å². The van der Waals surface area contributed by atoms with Gasteiger partial charge in [-0.3, -0.25) is 4.79 Å². The number of aromatic nitrogens is 1. The van der Waals surface area contributed by atoms with Crippen molar-refractivity contribution in [2.24, 2.45) is 0 Å². The van der Waals surface area contributed by atoms with Crippen molar-refractivity contribution < 1.29 is 9.18 Å². The number of carbonyl (C=O) groups is 1. The normalized spacial score (nSPS) is 11.4. The molecule has 0 aliphatic carbocycles. The van der Waals surface area contributed by atoms with Crippen molar-refractivity contribution in [1.82, 2.24) is 9.88 Å². The number of nitrogens with zero attached hydrogens (tertiary/aromatic N) is 2. The SMILES string of the molecule is CCC(C)(C)N(C)C(=O)c1ccnc(N)c1F. The zero-order valence-corrected chi connectivity index (χ0v) is 10.6. The van der Waals surface area contributed by atoms with Crippen LogP contribution < -0.4 is 5.73 Å². The molecule has 2 N–H and O–H groups in total. The first-order valence-corrected chi connectivity index (χ1v) is 5.49. The van der Waals surface area contributed by atoms with Crippen LogP contribution in [0.4, 0.5) is 10.2 Å². The van der Waals surface area contributed by atoms with Gasteiger partial charge >= 0.3 is 0 Å². The Kier molecular flexibility index (Phi) is 3.70. The molecule has 5 heteroatoms. The zero-order chi connectivity index (χ0) is 13.2. The quantitative estimate of drug-likeness (QED) is 0.878. The van der Waals surface area contributed by atoms with Crippen molar-refractivity contribution in [2.45, 2.75) is 32.7 Å². The van der Waals surface area contributed by atoms with Gasteiger partial charge in [0.05, 0.1) is 5.56 Å². The van der Waals surface area contributed by atoms with Gasteiger partial charge in [-0.05, 0) is 26.3 Å². The molecule has 0 saturated carbocycles. The van der Waals surface area contributed by atoms with Crippen LogP contribution in [-0.4, -0.2) is 28.4 Å². The molecule has 4 nitrogen and oxygen atoms in total. The van der Waals surface area contributed by atoms with E-state index in [1.54, 1.807) is 7.05 Å². The predicted molar refractivity (Wildman–Crippen MR) is 65.1 cm³/mol. The van der Waals surface area contributed by atoms with Crippen LogP contribution in [0.3, 0.4) is 0 Å². The summed E-state index contributed by atoms with van der Waals surface area (Å²) in [5, 5.41) is 0. The molecule has 0 aliphatic rings. The number of carbonyl (C=O) groups excluding carboxylic acids is 1. The first-order chi connectivity index (χ1) is 7.81. The van der Waals surface area contributed by atoms with E-state index in [0.29, 0.717) is 0 Å². The number of pyridine rings is 1. The van der Waals surface area contributed by atoms with E-state index in [1.807, 2.05) is 20.8 Å². The number of hydrogen-bond acceptors (Lipinski definition) is 3. The highest BCUT2D eigenvalue weighted by Crippen LogP contribution is 2.21. The molecule has 1 rings (SSSR count). The van der Waals surface area contributed by atoms with Gasteiger partial charge in [0, 0.05) is 18.8 Å². The Balaban J connectivity index is 3.09. The summed E-state index contributed by atoms with van der Waals surface area (Å²) in [7, 11) is 1.65. The Hall–Kier alpha value is -1.65. The molecule has 0 saturated heterocycles. The van der Waals surface area contributed by atoms with E-state index < -0.39 is 5.82 Å². The predicted octanol–water partition coefficient (Wildman–Crippen LogP) is 2.06. The molecule has 0 aliphatic heterocycles. The van der Waals surface area contributed by atoms with Crippen molar-refractivity contribution in [3.05, 3.63) is 23.6 Å². The molecule has 17 heavy (non-hydrogen) atoms. The van der Waals surface area contributed by atoms with Gasteiger partial charge in [0.25, 0.3) is 5.91 Å². The van der Waals surface area contributed by atoms with Crippen LogP contribution in [0.5, 0.6) is 0 Å². The van der Waals surface area contributed by atoms with Crippen LogP contribution in [-0.2, 0) is 0 Å². The Bertz CT molecular complexity index is 432. The van der Waals surface area contributed by atoms with Gasteiger partial charge in [-0.25, -0.2) is 9.37 Å². The lowest BCUT2D eigenvalue weighted by atomic mass is 9.99. The van der Waals surface area contributed by atoms with Crippen molar-refractivity contribution in [2.75, 3.05) is 12.8 Å². The molecule has 0 unspecified atom stereocenters. The van der Waals surface area contributed by atoms with Gasteiger partial charge in [-0.1, -0.05) is 6.92 Å². The van der Waals surface area contributed by atoms with E-state index in [4.69, 9.17) is 5.73 Å². The van der Waals surface area contributed by atoms with Crippen molar-refractivity contribution in [3.63, 3.8) is 0 Å². The highest BCUT2D eigenvalue weighted by Gasteiger charge is 2.28. The number of halogens is 1. The highest BCUT2D eigenvalue weighted by atomic mass is 19.1. The third kappa shape index (κ3) is 2.54. The van der Waals surface area contributed by atoms with Crippen LogP contribution >= 0.6 is 0 Å². The van der Waals surface area contributed by atoms with E-state index in [1.165, 1.54) is 17.2 Å². The van der Waals surface area contributed by atoms with Crippen LogP contribution in [0.15, 0.2) is 12.3 Å². The molecule has 0 radical (unpaired) electrons. The van der Waals surface area contributed by atoms with Crippen molar-refractivity contribution >= 4 is 11.7 Å². The molecule has 0 bridgehead atoms. The lowest BCUT2D eigenvalue weighted by molar-refractivity contribution is 0.0615. The smallest absolute Gasteiger partial charge is 0.257 e. The fraction of sp³-hybridized carbons (Fsp3) is 0.500. The maximum absolute atomic E-state index is 13.7. The molecule has 0 spiro atoms. The van der Waals surface area contributed by atoms with E-state index in [9.17, 15) is 9.18 Å². The lowest BCUT2D eigenvalue weighted by Gasteiger charge is -2.35. The minimum atomic E-state index is -0.753. The van der Waals surface area contributed by atoms with E-state index in [2.05, 4.69) is 4.98 Å². The second-order valence-electron chi connectivity index (χ2n) is 4.59. The highest BCUT2D eigenvalue weighted by molar-refractivity contribution is 5.95. The van der Waals surface area contributed by atoms with Crippen LogP contribution in [0.1, 0.15) is 37.6 Å². The molecular formula is C12H18FN3O. The second kappa shape index (κ2) is 4.69. The molecule has 1 amide bonds. The first kappa shape index (κ1) is 13.4. The molecule has 1 aromatic rings. The molecule has 0 atom stereocenters. The van der Waals surface area contributed by atoms with Gasteiger partial charge < -0.3 is 10.6 Å². The van der Waals surface area contributed by atoms with Crippen LogP contribution in [0, 0.1) is 5.82 Å². The summed E-state index contributed by atoms with van der Waals surface area (Å²) in [5.41, 5.74) is 4.97. The fourth-order valence-electron chi connectivity index (χ4n) is 1.32. The number of rotatable bonds is 3. The van der Waals surface area contributed by atoms with Gasteiger partial charge in [0.2, 0.25) is 0 Å². The van der Waals surface area contributed by atoms with Gasteiger partial charge in [0.1, 0.15) is 0 Å². The summed E-state index contributed by atoms with van der Waals surface area (Å²) >= 11 is 0. The van der Waals surface area contributed by atoms with Gasteiger partial charge in [-0.2, -0.15) is 0 Å². The Morgan fingerprint density at radius 2 is 2.18 bits per heavy atom. The fourth-order valence-corrected chi connectivity index (χ4v) is 1.32. The van der Waals surface area contributed by atoms with Gasteiger partial charge in [0.15, 0.2) is 11.6 Å². The number of amides is 1. The average Bonchev–Trinajstić information content (AvgIpc) is 2.30. The van der Waals surface area contributed by atoms with Crippen molar-refractivity contribution in [3.8, 4) is 0 Å². The summed E-state index contributed by atoms with van der Waals surface area (Å²) in [6, 6.07) is 1.34. The van der Waals surface area contributed by atoms with Gasteiger partial charge in [-0.15, -0.1) is 0 Å².